The molecule has 0 aliphatic rings. The molecule has 72 valence electrons. The van der Waals surface area contributed by atoms with Gasteiger partial charge in [0.1, 0.15) is 0 Å². The maximum Gasteiger partial charge on any atom is 0.306 e. The number of rotatable bonds is 3. The Hall–Kier alpha value is -1.06. The summed E-state index contributed by atoms with van der Waals surface area (Å²) in [5, 5.41) is 17.7. The number of aliphatic hydroxyl groups excluding tert-OH is 1. The molecule has 0 aliphatic carbocycles. The first-order valence-electron chi connectivity index (χ1n) is 3.65. The molecule has 4 heteroatoms. The van der Waals surface area contributed by atoms with E-state index in [1.807, 2.05) is 6.07 Å². The van der Waals surface area contributed by atoms with Gasteiger partial charge < -0.3 is 10.2 Å². The molecule has 1 atom stereocenters. The van der Waals surface area contributed by atoms with E-state index in [4.69, 9.17) is 5.11 Å². The smallest absolute Gasteiger partial charge is 0.306 e. The summed E-state index contributed by atoms with van der Waals surface area (Å²) in [4.78, 5) is 10.2. The van der Waals surface area contributed by atoms with Crippen molar-refractivity contribution >= 4 is 18.4 Å². The van der Waals surface area contributed by atoms with E-state index in [0.717, 1.165) is 0 Å². The normalized spacial score (nSPS) is 11.5. The van der Waals surface area contributed by atoms with E-state index in [9.17, 15) is 9.90 Å². The first-order chi connectivity index (χ1) is 5.70. The molecule has 1 aromatic rings. The van der Waals surface area contributed by atoms with Crippen LogP contribution in [0.4, 0.5) is 0 Å². The minimum Gasteiger partial charge on any atom is -0.481 e. The average molecular weight is 203 g/mol. The van der Waals surface area contributed by atoms with E-state index in [-0.39, 0.29) is 18.8 Å². The first-order valence-corrected chi connectivity index (χ1v) is 3.65. The van der Waals surface area contributed by atoms with Gasteiger partial charge in [-0.15, -0.1) is 12.4 Å². The highest BCUT2D eigenvalue weighted by molar-refractivity contribution is 5.85. The van der Waals surface area contributed by atoms with Crippen LogP contribution in [0, 0.1) is 0 Å². The standard InChI is InChI=1S/C9H10O3.ClH/c10-8(6-9(11)12)7-4-2-1-3-5-7;/h1-5,8,10H,6H2,(H,11,12);1H/t8-;/m0./s1. The van der Waals surface area contributed by atoms with Crippen molar-refractivity contribution in [2.75, 3.05) is 0 Å². The molecular weight excluding hydrogens is 192 g/mol. The van der Waals surface area contributed by atoms with Gasteiger partial charge in [-0.05, 0) is 5.56 Å². The zero-order chi connectivity index (χ0) is 8.97. The number of carboxylic acid groups (broad SMARTS) is 1. The Morgan fingerprint density at radius 2 is 1.85 bits per heavy atom. The highest BCUT2D eigenvalue weighted by Crippen LogP contribution is 2.15. The minimum absolute atomic E-state index is 0. The highest BCUT2D eigenvalue weighted by atomic mass is 35.5. The van der Waals surface area contributed by atoms with Crippen LogP contribution in [-0.4, -0.2) is 16.2 Å². The molecule has 0 aromatic heterocycles. The van der Waals surface area contributed by atoms with Crippen LogP contribution in [0.15, 0.2) is 30.3 Å². The minimum atomic E-state index is -0.994. The van der Waals surface area contributed by atoms with Crippen molar-refractivity contribution in [1.29, 1.82) is 0 Å². The molecule has 0 unspecified atom stereocenters. The van der Waals surface area contributed by atoms with Crippen LogP contribution in [0.25, 0.3) is 0 Å². The molecule has 0 heterocycles. The Morgan fingerprint density at radius 1 is 1.31 bits per heavy atom. The van der Waals surface area contributed by atoms with Crippen LogP contribution in [0.1, 0.15) is 18.1 Å². The second-order valence-corrected chi connectivity index (χ2v) is 2.52. The lowest BCUT2D eigenvalue weighted by Crippen LogP contribution is -2.04. The lowest BCUT2D eigenvalue weighted by Gasteiger charge is -2.06. The largest absolute Gasteiger partial charge is 0.481 e. The number of hydrogen-bond donors (Lipinski definition) is 2. The van der Waals surface area contributed by atoms with Crippen molar-refractivity contribution in [2.45, 2.75) is 12.5 Å². The fourth-order valence-corrected chi connectivity index (χ4v) is 0.958. The molecule has 0 saturated heterocycles. The fraction of sp³-hybridized carbons (Fsp3) is 0.222. The molecule has 1 rings (SSSR count). The molecule has 2 N–H and O–H groups in total. The van der Waals surface area contributed by atoms with Crippen LogP contribution in [-0.2, 0) is 4.79 Å². The van der Waals surface area contributed by atoms with Gasteiger partial charge in [0.15, 0.2) is 0 Å². The quantitative estimate of drug-likeness (QED) is 0.783. The first kappa shape index (κ1) is 11.9. The summed E-state index contributed by atoms with van der Waals surface area (Å²) >= 11 is 0. The van der Waals surface area contributed by atoms with Crippen LogP contribution in [0.3, 0.4) is 0 Å². The molecule has 0 bridgehead atoms. The number of halogens is 1. The van der Waals surface area contributed by atoms with E-state index in [1.165, 1.54) is 0 Å². The molecule has 1 aromatic carbocycles. The number of aliphatic hydroxyl groups is 1. The van der Waals surface area contributed by atoms with E-state index < -0.39 is 12.1 Å². The third-order valence-electron chi connectivity index (χ3n) is 1.55. The lowest BCUT2D eigenvalue weighted by atomic mass is 10.1. The molecule has 0 radical (unpaired) electrons. The Kier molecular flexibility index (Phi) is 5.11. The van der Waals surface area contributed by atoms with Gasteiger partial charge in [0.25, 0.3) is 0 Å². The predicted molar refractivity (Wildman–Crippen MR) is 50.9 cm³/mol. The van der Waals surface area contributed by atoms with E-state index >= 15 is 0 Å². The Morgan fingerprint density at radius 3 is 2.31 bits per heavy atom. The molecule has 0 aliphatic heterocycles. The monoisotopic (exact) mass is 202 g/mol. The van der Waals surface area contributed by atoms with Gasteiger partial charge in [0.05, 0.1) is 12.5 Å². The molecule has 3 nitrogen and oxygen atoms in total. The lowest BCUT2D eigenvalue weighted by molar-refractivity contribution is -0.139. The average Bonchev–Trinajstić information content (AvgIpc) is 2.05. The molecule has 0 saturated carbocycles. The number of aliphatic carboxylic acids is 1. The summed E-state index contributed by atoms with van der Waals surface area (Å²) in [6.45, 7) is 0. The Labute approximate surface area is 82.4 Å². The predicted octanol–water partition coefficient (Wildman–Crippen LogP) is 1.62. The second kappa shape index (κ2) is 5.56. The van der Waals surface area contributed by atoms with Crippen LogP contribution in [0.2, 0.25) is 0 Å². The molecule has 13 heavy (non-hydrogen) atoms. The zero-order valence-corrected chi connectivity index (χ0v) is 7.70. The van der Waals surface area contributed by atoms with Gasteiger partial charge in [0.2, 0.25) is 0 Å². The SMILES string of the molecule is Cl.O=C(O)C[C@H](O)c1ccccc1. The second-order valence-electron chi connectivity index (χ2n) is 2.52. The topological polar surface area (TPSA) is 57.5 Å². The van der Waals surface area contributed by atoms with Crippen LogP contribution < -0.4 is 0 Å². The summed E-state index contributed by atoms with van der Waals surface area (Å²) in [6, 6.07) is 8.75. The van der Waals surface area contributed by atoms with E-state index in [2.05, 4.69) is 0 Å². The fourth-order valence-electron chi connectivity index (χ4n) is 0.958. The van der Waals surface area contributed by atoms with Gasteiger partial charge in [-0.2, -0.15) is 0 Å². The molecule has 0 spiro atoms. The summed E-state index contributed by atoms with van der Waals surface area (Å²) in [5.41, 5.74) is 0.639. The van der Waals surface area contributed by atoms with Crippen molar-refractivity contribution in [3.05, 3.63) is 35.9 Å². The van der Waals surface area contributed by atoms with Gasteiger partial charge in [-0.25, -0.2) is 0 Å². The van der Waals surface area contributed by atoms with Crippen LogP contribution >= 0.6 is 12.4 Å². The number of benzene rings is 1. The van der Waals surface area contributed by atoms with E-state index in [1.54, 1.807) is 24.3 Å². The van der Waals surface area contributed by atoms with Crippen LogP contribution in [0.5, 0.6) is 0 Å². The Balaban J connectivity index is 0.00000144. The highest BCUT2D eigenvalue weighted by Gasteiger charge is 2.10. The summed E-state index contributed by atoms with van der Waals surface area (Å²) in [5.74, 6) is -0.994. The van der Waals surface area contributed by atoms with Crippen molar-refractivity contribution in [3.8, 4) is 0 Å². The van der Waals surface area contributed by atoms with Gasteiger partial charge in [0, 0.05) is 0 Å². The molecule has 0 amide bonds. The van der Waals surface area contributed by atoms with Crippen molar-refractivity contribution < 1.29 is 15.0 Å². The van der Waals surface area contributed by atoms with Gasteiger partial charge >= 0.3 is 5.97 Å². The number of carboxylic acids is 1. The third-order valence-corrected chi connectivity index (χ3v) is 1.55. The van der Waals surface area contributed by atoms with Gasteiger partial charge in [-0.1, -0.05) is 30.3 Å². The zero-order valence-electron chi connectivity index (χ0n) is 6.88. The van der Waals surface area contributed by atoms with Crippen molar-refractivity contribution in [1.82, 2.24) is 0 Å². The maximum atomic E-state index is 10.2. The number of carbonyl (C=O) groups is 1. The van der Waals surface area contributed by atoms with E-state index in [0.29, 0.717) is 5.56 Å². The summed E-state index contributed by atoms with van der Waals surface area (Å²) in [6.07, 6.45) is -1.15. The number of hydrogen-bond acceptors (Lipinski definition) is 2. The molecule has 0 fully saturated rings. The van der Waals surface area contributed by atoms with Crippen molar-refractivity contribution in [3.63, 3.8) is 0 Å². The third kappa shape index (κ3) is 3.92. The summed E-state index contributed by atoms with van der Waals surface area (Å²) in [7, 11) is 0. The summed E-state index contributed by atoms with van der Waals surface area (Å²) < 4.78 is 0. The maximum absolute atomic E-state index is 10.2. The molecular formula is C9H11ClO3. The Bertz CT molecular complexity index is 261. The van der Waals surface area contributed by atoms with Gasteiger partial charge in [-0.3, -0.25) is 4.79 Å². The van der Waals surface area contributed by atoms with Crippen molar-refractivity contribution in [2.24, 2.45) is 0 Å².